The lowest BCUT2D eigenvalue weighted by Crippen LogP contribution is -2.36. The average molecular weight is 423 g/mol. The van der Waals surface area contributed by atoms with Gasteiger partial charge in [-0.15, -0.1) is 0 Å². The number of amides is 2. The van der Waals surface area contributed by atoms with Crippen LogP contribution in [0.25, 0.3) is 0 Å². The fourth-order valence-electron chi connectivity index (χ4n) is 4.60. The monoisotopic (exact) mass is 422 g/mol. The largest absolute Gasteiger partial charge is 0.493 e. The van der Waals surface area contributed by atoms with Crippen LogP contribution in [0.4, 0.5) is 5.69 Å². The summed E-state index contributed by atoms with van der Waals surface area (Å²) in [5.41, 5.74) is 4.72. The molecular formula is C25H30N2O4. The summed E-state index contributed by atoms with van der Waals surface area (Å²) < 4.78 is 10.6. The van der Waals surface area contributed by atoms with Crippen molar-refractivity contribution >= 4 is 17.5 Å². The maximum Gasteiger partial charge on any atom is 0.227 e. The highest BCUT2D eigenvalue weighted by Crippen LogP contribution is 2.31. The van der Waals surface area contributed by atoms with E-state index >= 15 is 0 Å². The van der Waals surface area contributed by atoms with Crippen molar-refractivity contribution in [1.82, 2.24) is 4.90 Å². The molecule has 164 valence electrons. The van der Waals surface area contributed by atoms with Crippen LogP contribution in [-0.4, -0.2) is 51.1 Å². The number of hydrogen-bond acceptors (Lipinski definition) is 4. The third-order valence-electron chi connectivity index (χ3n) is 6.43. The minimum atomic E-state index is -0.295. The maximum atomic E-state index is 13.0. The van der Waals surface area contributed by atoms with Gasteiger partial charge in [0.05, 0.1) is 20.1 Å². The van der Waals surface area contributed by atoms with Crippen LogP contribution in [0.5, 0.6) is 11.5 Å². The fourth-order valence-corrected chi connectivity index (χ4v) is 4.60. The van der Waals surface area contributed by atoms with Crippen LogP contribution >= 0.6 is 0 Å². The van der Waals surface area contributed by atoms with Crippen LogP contribution in [0.1, 0.15) is 29.5 Å². The summed E-state index contributed by atoms with van der Waals surface area (Å²) in [6, 6.07) is 12.1. The molecule has 0 bridgehead atoms. The van der Waals surface area contributed by atoms with E-state index in [1.807, 2.05) is 31.3 Å². The molecule has 1 unspecified atom stereocenters. The van der Waals surface area contributed by atoms with E-state index in [9.17, 15) is 9.59 Å². The minimum Gasteiger partial charge on any atom is -0.493 e. The molecule has 4 rings (SSSR count). The Hall–Kier alpha value is -3.02. The Morgan fingerprint density at radius 1 is 1.06 bits per heavy atom. The summed E-state index contributed by atoms with van der Waals surface area (Å²) in [5, 5.41) is 0. The molecule has 6 nitrogen and oxygen atoms in total. The summed E-state index contributed by atoms with van der Waals surface area (Å²) in [7, 11) is 5.03. The zero-order valence-electron chi connectivity index (χ0n) is 18.5. The van der Waals surface area contributed by atoms with Gasteiger partial charge in [0, 0.05) is 32.2 Å². The first-order valence-corrected chi connectivity index (χ1v) is 10.9. The van der Waals surface area contributed by atoms with Crippen molar-refractivity contribution < 1.29 is 19.1 Å². The van der Waals surface area contributed by atoms with Crippen molar-refractivity contribution in [2.45, 2.75) is 32.1 Å². The van der Waals surface area contributed by atoms with Crippen LogP contribution in [0.2, 0.25) is 0 Å². The van der Waals surface area contributed by atoms with Crippen molar-refractivity contribution in [3.63, 3.8) is 0 Å². The number of fused-ring (bicyclic) bond motifs is 1. The number of likely N-dealkylation sites (N-methyl/N-ethyl adjacent to an activating group) is 1. The summed E-state index contributed by atoms with van der Waals surface area (Å²) >= 11 is 0. The smallest absolute Gasteiger partial charge is 0.227 e. The first-order chi connectivity index (χ1) is 15.0. The first-order valence-electron chi connectivity index (χ1n) is 10.9. The van der Waals surface area contributed by atoms with E-state index in [0.717, 1.165) is 24.1 Å². The van der Waals surface area contributed by atoms with E-state index in [1.165, 1.54) is 17.5 Å². The Morgan fingerprint density at radius 2 is 1.84 bits per heavy atom. The van der Waals surface area contributed by atoms with E-state index in [4.69, 9.17) is 9.47 Å². The summed E-state index contributed by atoms with van der Waals surface area (Å²) in [4.78, 5) is 29.2. The van der Waals surface area contributed by atoms with Crippen LogP contribution in [-0.2, 0) is 28.9 Å². The Balaban J connectivity index is 1.36. The van der Waals surface area contributed by atoms with Gasteiger partial charge in [-0.25, -0.2) is 0 Å². The molecular weight excluding hydrogens is 392 g/mol. The molecule has 1 fully saturated rings. The van der Waals surface area contributed by atoms with Gasteiger partial charge in [0.1, 0.15) is 0 Å². The lowest BCUT2D eigenvalue weighted by Gasteiger charge is -2.22. The maximum absolute atomic E-state index is 13.0. The van der Waals surface area contributed by atoms with Crippen LogP contribution in [0.15, 0.2) is 36.4 Å². The molecule has 0 spiro atoms. The number of benzene rings is 2. The van der Waals surface area contributed by atoms with Gasteiger partial charge in [-0.05, 0) is 66.6 Å². The number of ether oxygens (including phenoxy) is 2. The molecule has 31 heavy (non-hydrogen) atoms. The van der Waals surface area contributed by atoms with E-state index in [-0.39, 0.29) is 24.2 Å². The van der Waals surface area contributed by atoms with Gasteiger partial charge in [0.25, 0.3) is 0 Å². The summed E-state index contributed by atoms with van der Waals surface area (Å²) in [5.74, 6) is 1.13. The highest BCUT2D eigenvalue weighted by Gasteiger charge is 2.36. The molecule has 0 saturated carbocycles. The third kappa shape index (κ3) is 4.38. The van der Waals surface area contributed by atoms with Gasteiger partial charge in [-0.1, -0.05) is 12.1 Å². The topological polar surface area (TPSA) is 59.1 Å². The second-order valence-corrected chi connectivity index (χ2v) is 8.41. The van der Waals surface area contributed by atoms with Crippen LogP contribution in [0, 0.1) is 5.92 Å². The van der Waals surface area contributed by atoms with Crippen molar-refractivity contribution in [2.75, 3.05) is 39.3 Å². The normalized spacial score (nSPS) is 17.6. The molecule has 1 saturated heterocycles. The van der Waals surface area contributed by atoms with Crippen molar-refractivity contribution in [1.29, 1.82) is 0 Å². The molecule has 1 aliphatic carbocycles. The number of aryl methyl sites for hydroxylation is 2. The predicted octanol–water partition coefficient (Wildman–Crippen LogP) is 3.25. The number of carbonyl (C=O) groups is 2. The van der Waals surface area contributed by atoms with Crippen LogP contribution in [0.3, 0.4) is 0 Å². The molecule has 6 heteroatoms. The second kappa shape index (κ2) is 9.00. The molecule has 1 aliphatic heterocycles. The van der Waals surface area contributed by atoms with Gasteiger partial charge in [-0.2, -0.15) is 0 Å². The highest BCUT2D eigenvalue weighted by atomic mass is 16.5. The van der Waals surface area contributed by atoms with Crippen molar-refractivity contribution in [3.05, 3.63) is 53.1 Å². The number of rotatable bonds is 7. The molecule has 2 aromatic rings. The second-order valence-electron chi connectivity index (χ2n) is 8.41. The van der Waals surface area contributed by atoms with E-state index < -0.39 is 0 Å². The minimum absolute atomic E-state index is 0.0255. The quantitative estimate of drug-likeness (QED) is 0.687. The van der Waals surface area contributed by atoms with Crippen LogP contribution < -0.4 is 14.4 Å². The summed E-state index contributed by atoms with van der Waals surface area (Å²) in [6.07, 6.45) is 4.36. The van der Waals surface area contributed by atoms with Gasteiger partial charge in [0.2, 0.25) is 11.8 Å². The zero-order chi connectivity index (χ0) is 22.0. The lowest BCUT2D eigenvalue weighted by molar-refractivity contribution is -0.134. The molecule has 2 aliphatic rings. The van der Waals surface area contributed by atoms with E-state index in [0.29, 0.717) is 31.0 Å². The number of hydrogen-bond donors (Lipinski definition) is 0. The zero-order valence-corrected chi connectivity index (χ0v) is 18.5. The number of carbonyl (C=O) groups excluding carboxylic acids is 2. The molecule has 0 radical (unpaired) electrons. The molecule has 2 amide bonds. The van der Waals surface area contributed by atoms with Gasteiger partial charge in [-0.3, -0.25) is 9.59 Å². The molecule has 1 heterocycles. The first kappa shape index (κ1) is 21.2. The average Bonchev–Trinajstić information content (AvgIpc) is 3.42. The van der Waals surface area contributed by atoms with E-state index in [2.05, 4.69) is 12.1 Å². The van der Waals surface area contributed by atoms with E-state index in [1.54, 1.807) is 24.0 Å². The summed E-state index contributed by atoms with van der Waals surface area (Å²) in [6.45, 7) is 1.04. The number of nitrogens with zero attached hydrogens (tertiary/aromatic N) is 2. The number of methoxy groups -OCH3 is 2. The van der Waals surface area contributed by atoms with Crippen molar-refractivity contribution in [2.24, 2.45) is 5.92 Å². The van der Waals surface area contributed by atoms with Gasteiger partial charge < -0.3 is 19.3 Å². The predicted molar refractivity (Wildman–Crippen MR) is 120 cm³/mol. The van der Waals surface area contributed by atoms with Gasteiger partial charge >= 0.3 is 0 Å². The molecule has 0 aromatic heterocycles. The molecule has 0 N–H and O–H groups in total. The standard InChI is InChI=1S/C25H30N2O4/c1-26(12-11-17-7-10-22(30-2)23(13-17)31-3)25(29)20-15-24(28)27(16-20)21-9-8-18-5-4-6-19(18)14-21/h7-10,13-14,20H,4-6,11-12,15-16H2,1-3H3. The SMILES string of the molecule is COc1ccc(CCN(C)C(=O)C2CC(=O)N(c3ccc4c(c3)CCC4)C2)cc1OC. The lowest BCUT2D eigenvalue weighted by atomic mass is 10.1. The third-order valence-corrected chi connectivity index (χ3v) is 6.43. The Morgan fingerprint density at radius 3 is 2.61 bits per heavy atom. The van der Waals surface area contributed by atoms with Crippen molar-refractivity contribution in [3.8, 4) is 11.5 Å². The van der Waals surface area contributed by atoms with Gasteiger partial charge in [0.15, 0.2) is 11.5 Å². The Kier molecular flexibility index (Phi) is 6.16. The fraction of sp³-hybridized carbons (Fsp3) is 0.440. The molecule has 1 atom stereocenters. The Bertz CT molecular complexity index is 987. The Labute approximate surface area is 183 Å². The molecule has 2 aromatic carbocycles. The highest BCUT2D eigenvalue weighted by molar-refractivity contribution is 6.00. The number of anilines is 1.